The van der Waals surface area contributed by atoms with Gasteiger partial charge < -0.3 is 20.3 Å². The fourth-order valence-electron chi connectivity index (χ4n) is 4.35. The molecule has 0 aliphatic carbocycles. The predicted octanol–water partition coefficient (Wildman–Crippen LogP) is 3.59. The van der Waals surface area contributed by atoms with E-state index in [-0.39, 0.29) is 5.69 Å². The molecule has 10 nitrogen and oxygen atoms in total. The Bertz CT molecular complexity index is 1350. The first-order chi connectivity index (χ1) is 17.4. The zero-order valence-electron chi connectivity index (χ0n) is 22.6. The second-order valence-corrected chi connectivity index (χ2v) is 10.3. The van der Waals surface area contributed by atoms with Gasteiger partial charge in [-0.25, -0.2) is 14.6 Å². The minimum Gasteiger partial charge on any atom is -0.444 e. The molecular weight excluding hydrogens is 470 g/mol. The smallest absolute Gasteiger partial charge is 0.405 e. The number of piperidine rings is 1. The number of hydrogen-bond acceptors (Lipinski definition) is 7. The molecule has 10 heteroatoms. The van der Waals surface area contributed by atoms with Crippen molar-refractivity contribution in [2.24, 2.45) is 12.8 Å². The summed E-state index contributed by atoms with van der Waals surface area (Å²) in [5, 5.41) is 9.47. The molecule has 2 N–H and O–H groups in total. The van der Waals surface area contributed by atoms with E-state index in [1.54, 1.807) is 43.0 Å². The molecule has 0 atom stereocenters. The summed E-state index contributed by atoms with van der Waals surface area (Å²) in [4.78, 5) is 32.3. The van der Waals surface area contributed by atoms with Crippen molar-refractivity contribution in [1.29, 1.82) is 5.26 Å². The van der Waals surface area contributed by atoms with Gasteiger partial charge in [-0.1, -0.05) is 18.2 Å². The van der Waals surface area contributed by atoms with Gasteiger partial charge in [0.05, 0.1) is 23.9 Å². The van der Waals surface area contributed by atoms with Crippen LogP contribution in [0.5, 0.6) is 0 Å². The Hall–Kier alpha value is -4.00. The van der Waals surface area contributed by atoms with Crippen LogP contribution in [-0.2, 0) is 18.3 Å². The Balaban J connectivity index is 0.000000414. The second kappa shape index (κ2) is 11.4. The molecule has 0 spiro atoms. The molecule has 0 unspecified atom stereocenters. The number of hydrogen-bond donors (Lipinski definition) is 1. The van der Waals surface area contributed by atoms with Crippen LogP contribution in [0.4, 0.5) is 16.3 Å². The van der Waals surface area contributed by atoms with Gasteiger partial charge in [0.2, 0.25) is 0 Å². The highest BCUT2D eigenvalue weighted by Crippen LogP contribution is 2.31. The maximum absolute atomic E-state index is 13.2. The third-order valence-electron chi connectivity index (χ3n) is 6.07. The highest BCUT2D eigenvalue weighted by Gasteiger charge is 2.23. The Kier molecular flexibility index (Phi) is 8.48. The van der Waals surface area contributed by atoms with Crippen molar-refractivity contribution in [3.05, 3.63) is 51.9 Å². The fourth-order valence-corrected chi connectivity index (χ4v) is 4.35. The largest absolute Gasteiger partial charge is 0.444 e. The Labute approximate surface area is 217 Å². The summed E-state index contributed by atoms with van der Waals surface area (Å²) >= 11 is 0. The van der Waals surface area contributed by atoms with Crippen molar-refractivity contribution < 1.29 is 9.53 Å². The van der Waals surface area contributed by atoms with Gasteiger partial charge in [0.25, 0.3) is 0 Å². The lowest BCUT2D eigenvalue weighted by Crippen LogP contribution is -2.30. The van der Waals surface area contributed by atoms with Crippen molar-refractivity contribution in [2.45, 2.75) is 52.2 Å². The van der Waals surface area contributed by atoms with E-state index < -0.39 is 11.7 Å². The van der Waals surface area contributed by atoms with Crippen LogP contribution in [0.15, 0.2) is 35.1 Å². The van der Waals surface area contributed by atoms with E-state index in [1.807, 2.05) is 37.2 Å². The first-order valence-corrected chi connectivity index (χ1v) is 12.4. The molecule has 1 fully saturated rings. The Morgan fingerprint density at radius 1 is 1.19 bits per heavy atom. The number of aromatic nitrogens is 3. The molecule has 0 saturated carbocycles. The minimum atomic E-state index is -0.725. The molecule has 1 aliphatic heterocycles. The van der Waals surface area contributed by atoms with Crippen LogP contribution in [0, 0.1) is 11.3 Å². The molecule has 3 aromatic rings. The molecule has 2 aromatic heterocycles. The first kappa shape index (κ1) is 27.6. The van der Waals surface area contributed by atoms with Crippen LogP contribution < -0.4 is 21.2 Å². The Morgan fingerprint density at radius 3 is 2.38 bits per heavy atom. The number of rotatable bonds is 4. The monoisotopic (exact) mass is 507 g/mol. The molecule has 0 bridgehead atoms. The lowest BCUT2D eigenvalue weighted by atomic mass is 10.1. The van der Waals surface area contributed by atoms with Gasteiger partial charge in [-0.05, 0) is 51.7 Å². The van der Waals surface area contributed by atoms with Crippen molar-refractivity contribution >= 4 is 28.8 Å². The van der Waals surface area contributed by atoms with Gasteiger partial charge in [0.1, 0.15) is 16.9 Å². The number of carbonyl (C=O) groups is 1. The molecule has 37 heavy (non-hydrogen) atoms. The molecule has 4 rings (SSSR count). The summed E-state index contributed by atoms with van der Waals surface area (Å²) in [6.45, 7) is 7.59. The number of benzene rings is 1. The van der Waals surface area contributed by atoms with Gasteiger partial charge in [-0.3, -0.25) is 9.13 Å². The van der Waals surface area contributed by atoms with E-state index in [1.165, 1.54) is 6.42 Å². The van der Waals surface area contributed by atoms with Crippen molar-refractivity contribution in [1.82, 2.24) is 14.1 Å². The predicted molar refractivity (Wildman–Crippen MR) is 146 cm³/mol. The number of fused-ring (bicyclic) bond motifs is 1. The number of ether oxygens (including phenoxy) is 1. The average Bonchev–Trinajstić information content (AvgIpc) is 3.08. The van der Waals surface area contributed by atoms with Crippen molar-refractivity contribution in [3.63, 3.8) is 0 Å². The van der Waals surface area contributed by atoms with Crippen LogP contribution in [0.1, 0.15) is 51.2 Å². The van der Waals surface area contributed by atoms with Gasteiger partial charge in [0.15, 0.2) is 5.65 Å². The molecule has 0 radical (unpaired) electrons. The highest BCUT2D eigenvalue weighted by atomic mass is 16.6. The highest BCUT2D eigenvalue weighted by molar-refractivity contribution is 5.89. The van der Waals surface area contributed by atoms with E-state index in [2.05, 4.69) is 21.8 Å². The summed E-state index contributed by atoms with van der Waals surface area (Å²) in [6.07, 6.45) is 2.81. The molecule has 1 amide bonds. The number of amides is 1. The molecular formula is C27H37N7O3. The number of carbonyl (C=O) groups excluding carboxylic acids is 1. The maximum atomic E-state index is 13.2. The van der Waals surface area contributed by atoms with E-state index in [9.17, 15) is 14.9 Å². The molecule has 198 valence electrons. The number of nitrogens with zero attached hydrogens (tertiary/aromatic N) is 6. The van der Waals surface area contributed by atoms with E-state index in [0.29, 0.717) is 17.8 Å². The fraction of sp³-hybridized carbons (Fsp3) is 0.481. The summed E-state index contributed by atoms with van der Waals surface area (Å²) in [5.74, 6) is 0.836. The SMILES string of the molecule is CC(C)(C)OC(N)=O.CN(C)c1cc(N2CCCCC2)c2c(n1)n(C)c(=O)n2Cc1ccccc1C#N. The number of aryl methyl sites for hydroxylation is 1. The average molecular weight is 508 g/mol. The molecule has 1 saturated heterocycles. The quantitative estimate of drug-likeness (QED) is 0.572. The van der Waals surface area contributed by atoms with Crippen LogP contribution in [-0.4, -0.2) is 53.0 Å². The van der Waals surface area contributed by atoms with E-state index in [0.717, 1.165) is 48.5 Å². The zero-order chi connectivity index (χ0) is 27.3. The lowest BCUT2D eigenvalue weighted by molar-refractivity contribution is 0.0600. The van der Waals surface area contributed by atoms with E-state index >= 15 is 0 Å². The normalized spacial score (nSPS) is 13.5. The van der Waals surface area contributed by atoms with Gasteiger partial charge in [0, 0.05) is 40.3 Å². The van der Waals surface area contributed by atoms with Gasteiger partial charge in [-0.2, -0.15) is 5.26 Å². The third-order valence-corrected chi connectivity index (χ3v) is 6.07. The number of primary amides is 1. The van der Waals surface area contributed by atoms with Crippen LogP contribution >= 0.6 is 0 Å². The van der Waals surface area contributed by atoms with Gasteiger partial charge in [-0.15, -0.1) is 0 Å². The number of anilines is 2. The van der Waals surface area contributed by atoms with Crippen molar-refractivity contribution in [2.75, 3.05) is 37.0 Å². The topological polar surface area (TPSA) is 122 Å². The van der Waals surface area contributed by atoms with Gasteiger partial charge >= 0.3 is 11.8 Å². The Morgan fingerprint density at radius 2 is 1.84 bits per heavy atom. The van der Waals surface area contributed by atoms with Crippen molar-refractivity contribution in [3.8, 4) is 6.07 Å². The number of nitrogens with two attached hydrogens (primary N) is 1. The zero-order valence-corrected chi connectivity index (χ0v) is 22.6. The summed E-state index contributed by atoms with van der Waals surface area (Å²) in [5.41, 5.74) is 8.15. The molecule has 3 heterocycles. The standard InChI is InChI=1S/C22H26N6O.C5H11NO2/c1-25(2)19-13-18(27-11-7-4-8-12-27)20-21(24-19)26(3)22(29)28(20)15-17-10-6-5-9-16(17)14-23;1-5(2,3)8-4(6)7/h5-6,9-10,13H,4,7-8,11-12,15H2,1-3H3;1-3H3,(H2,6,7). The number of pyridine rings is 1. The number of nitriles is 1. The van der Waals surface area contributed by atoms with Crippen LogP contribution in [0.25, 0.3) is 11.2 Å². The molecule has 1 aromatic carbocycles. The second-order valence-electron chi connectivity index (χ2n) is 10.3. The lowest BCUT2D eigenvalue weighted by Gasteiger charge is -2.30. The summed E-state index contributed by atoms with van der Waals surface area (Å²) in [7, 11) is 5.70. The molecule has 1 aliphatic rings. The number of imidazole rings is 1. The maximum Gasteiger partial charge on any atom is 0.405 e. The first-order valence-electron chi connectivity index (χ1n) is 12.4. The third kappa shape index (κ3) is 6.61. The minimum absolute atomic E-state index is 0.116. The van der Waals surface area contributed by atoms with E-state index in [4.69, 9.17) is 10.7 Å². The van der Waals surface area contributed by atoms with Crippen LogP contribution in [0.2, 0.25) is 0 Å². The summed E-state index contributed by atoms with van der Waals surface area (Å²) in [6, 6.07) is 11.8. The van der Waals surface area contributed by atoms with Crippen LogP contribution in [0.3, 0.4) is 0 Å². The summed E-state index contributed by atoms with van der Waals surface area (Å²) < 4.78 is 7.96.